The molecule has 0 bridgehead atoms. The minimum Gasteiger partial charge on any atom is -0.289 e. The van der Waals surface area contributed by atoms with E-state index in [0.29, 0.717) is 5.41 Å². The SMILES string of the molecule is CC.CC.CC(C)(C)C.c1ccn2cnnc2c1. The molecule has 0 aliphatic carbocycles. The molecule has 0 fully saturated rings. The van der Waals surface area contributed by atoms with E-state index < -0.39 is 0 Å². The highest BCUT2D eigenvalue weighted by atomic mass is 15.2. The summed E-state index contributed by atoms with van der Waals surface area (Å²) < 4.78 is 1.86. The third kappa shape index (κ3) is 11.1. The van der Waals surface area contributed by atoms with Gasteiger partial charge < -0.3 is 0 Å². The quantitative estimate of drug-likeness (QED) is 0.671. The fourth-order valence-electron chi connectivity index (χ4n) is 0.770. The summed E-state index contributed by atoms with van der Waals surface area (Å²) in [7, 11) is 0. The van der Waals surface area contributed by atoms with Gasteiger partial charge in [0.15, 0.2) is 5.65 Å². The minimum absolute atomic E-state index is 0.500. The van der Waals surface area contributed by atoms with Gasteiger partial charge in [0.05, 0.1) is 0 Å². The summed E-state index contributed by atoms with van der Waals surface area (Å²) in [6.45, 7) is 16.8. The third-order valence-electron chi connectivity index (χ3n) is 1.20. The first-order chi connectivity index (χ1) is 8.47. The van der Waals surface area contributed by atoms with Crippen LogP contribution in [0.1, 0.15) is 55.4 Å². The van der Waals surface area contributed by atoms with Crippen molar-refractivity contribution in [3.63, 3.8) is 0 Å². The highest BCUT2D eigenvalue weighted by Gasteiger charge is 1.95. The molecule has 0 saturated heterocycles. The molecule has 0 unspecified atom stereocenters. The van der Waals surface area contributed by atoms with Gasteiger partial charge in [-0.05, 0) is 17.5 Å². The Hall–Kier alpha value is -1.38. The van der Waals surface area contributed by atoms with Crippen molar-refractivity contribution >= 4 is 5.65 Å². The van der Waals surface area contributed by atoms with Crippen LogP contribution >= 0.6 is 0 Å². The molecule has 18 heavy (non-hydrogen) atoms. The standard InChI is InChI=1S/C6H5N3.C5H12.2C2H6/c1-2-4-9-5-7-8-6(9)3-1;1-5(2,3)4;2*1-2/h1-5H;1-4H3;2*1-2H3. The molecule has 0 amide bonds. The number of pyridine rings is 1. The molecule has 2 aromatic heterocycles. The Balaban J connectivity index is 0. The lowest BCUT2D eigenvalue weighted by Crippen LogP contribution is -1.93. The Morgan fingerprint density at radius 1 is 0.944 bits per heavy atom. The molecule has 2 aromatic rings. The number of rotatable bonds is 0. The van der Waals surface area contributed by atoms with Crippen molar-refractivity contribution in [2.45, 2.75) is 55.4 Å². The number of hydrogen-bond donors (Lipinski definition) is 0. The average molecular weight is 251 g/mol. The van der Waals surface area contributed by atoms with E-state index in [1.807, 2.05) is 56.5 Å². The fraction of sp³-hybridized carbons (Fsp3) is 0.600. The van der Waals surface area contributed by atoms with Crippen LogP contribution in [0, 0.1) is 5.41 Å². The fourth-order valence-corrected chi connectivity index (χ4v) is 0.770. The highest BCUT2D eigenvalue weighted by molar-refractivity contribution is 5.34. The maximum absolute atomic E-state index is 3.83. The van der Waals surface area contributed by atoms with E-state index in [2.05, 4.69) is 37.9 Å². The van der Waals surface area contributed by atoms with E-state index in [1.165, 1.54) is 0 Å². The Bertz CT molecular complexity index is 350. The molecule has 2 rings (SSSR count). The van der Waals surface area contributed by atoms with Crippen molar-refractivity contribution in [3.8, 4) is 0 Å². The van der Waals surface area contributed by atoms with Crippen molar-refractivity contribution in [2.24, 2.45) is 5.41 Å². The van der Waals surface area contributed by atoms with Crippen LogP contribution in [0.25, 0.3) is 5.65 Å². The number of nitrogens with zero attached hydrogens (tertiary/aromatic N) is 3. The Morgan fingerprint density at radius 3 is 1.89 bits per heavy atom. The van der Waals surface area contributed by atoms with Crippen LogP contribution in [0.2, 0.25) is 0 Å². The maximum Gasteiger partial charge on any atom is 0.160 e. The number of fused-ring (bicyclic) bond motifs is 1. The summed E-state index contributed by atoms with van der Waals surface area (Å²) in [6, 6.07) is 5.79. The van der Waals surface area contributed by atoms with Gasteiger partial charge in [-0.25, -0.2) is 0 Å². The van der Waals surface area contributed by atoms with E-state index in [0.717, 1.165) is 5.65 Å². The molecule has 0 N–H and O–H groups in total. The molecule has 104 valence electrons. The minimum atomic E-state index is 0.500. The summed E-state index contributed by atoms with van der Waals surface area (Å²) in [4.78, 5) is 0. The molecule has 0 atom stereocenters. The zero-order chi connectivity index (χ0) is 14.6. The second-order valence-electron chi connectivity index (χ2n) is 4.80. The first kappa shape index (κ1) is 19.0. The Kier molecular flexibility index (Phi) is 11.3. The maximum atomic E-state index is 3.83. The van der Waals surface area contributed by atoms with Crippen molar-refractivity contribution in [3.05, 3.63) is 30.7 Å². The molecule has 0 aromatic carbocycles. The molecular weight excluding hydrogens is 222 g/mol. The van der Waals surface area contributed by atoms with Gasteiger partial charge in [-0.3, -0.25) is 4.40 Å². The molecule has 0 radical (unpaired) electrons. The summed E-state index contributed by atoms with van der Waals surface area (Å²) in [5.41, 5.74) is 1.39. The summed E-state index contributed by atoms with van der Waals surface area (Å²) in [6.07, 6.45) is 3.59. The van der Waals surface area contributed by atoms with Gasteiger partial charge in [0.1, 0.15) is 6.33 Å². The lowest BCUT2D eigenvalue weighted by atomic mass is 10.0. The van der Waals surface area contributed by atoms with Crippen LogP contribution in [-0.4, -0.2) is 14.6 Å². The van der Waals surface area contributed by atoms with Gasteiger partial charge in [-0.1, -0.05) is 61.5 Å². The third-order valence-corrected chi connectivity index (χ3v) is 1.20. The molecule has 0 aliphatic rings. The van der Waals surface area contributed by atoms with Gasteiger partial charge in [0.2, 0.25) is 0 Å². The Morgan fingerprint density at radius 2 is 1.44 bits per heavy atom. The predicted molar refractivity (Wildman–Crippen MR) is 80.8 cm³/mol. The topological polar surface area (TPSA) is 30.2 Å². The molecule has 3 heteroatoms. The second kappa shape index (κ2) is 10.8. The largest absolute Gasteiger partial charge is 0.289 e. The molecule has 2 heterocycles. The van der Waals surface area contributed by atoms with Crippen molar-refractivity contribution < 1.29 is 0 Å². The normalized spacial score (nSPS) is 9.11. The number of hydrogen-bond acceptors (Lipinski definition) is 2. The monoisotopic (exact) mass is 251 g/mol. The Labute approximate surface area is 112 Å². The first-order valence-electron chi connectivity index (χ1n) is 6.71. The van der Waals surface area contributed by atoms with Crippen molar-refractivity contribution in [1.29, 1.82) is 0 Å². The van der Waals surface area contributed by atoms with Crippen LogP contribution < -0.4 is 0 Å². The van der Waals surface area contributed by atoms with Crippen LogP contribution in [0.15, 0.2) is 30.7 Å². The molecule has 0 saturated carbocycles. The molecule has 0 spiro atoms. The van der Waals surface area contributed by atoms with Crippen molar-refractivity contribution in [2.75, 3.05) is 0 Å². The van der Waals surface area contributed by atoms with E-state index in [-0.39, 0.29) is 0 Å². The molecule has 3 nitrogen and oxygen atoms in total. The molecular formula is C15H29N3. The van der Waals surface area contributed by atoms with Gasteiger partial charge >= 0.3 is 0 Å². The second-order valence-corrected chi connectivity index (χ2v) is 4.80. The predicted octanol–water partition coefficient (Wildman–Crippen LogP) is 4.83. The zero-order valence-corrected chi connectivity index (χ0v) is 13.2. The lowest BCUT2D eigenvalue weighted by molar-refractivity contribution is 0.469. The van der Waals surface area contributed by atoms with Crippen LogP contribution in [0.4, 0.5) is 0 Å². The lowest BCUT2D eigenvalue weighted by Gasteiger charge is -2.05. The zero-order valence-electron chi connectivity index (χ0n) is 13.2. The van der Waals surface area contributed by atoms with Crippen molar-refractivity contribution in [1.82, 2.24) is 14.6 Å². The van der Waals surface area contributed by atoms with Crippen LogP contribution in [0.5, 0.6) is 0 Å². The average Bonchev–Trinajstić information content (AvgIpc) is 2.80. The van der Waals surface area contributed by atoms with Gasteiger partial charge in [0, 0.05) is 6.20 Å². The van der Waals surface area contributed by atoms with E-state index in [1.54, 1.807) is 6.33 Å². The van der Waals surface area contributed by atoms with E-state index in [9.17, 15) is 0 Å². The van der Waals surface area contributed by atoms with Gasteiger partial charge in [-0.15, -0.1) is 10.2 Å². The summed E-state index contributed by atoms with van der Waals surface area (Å²) in [5, 5.41) is 7.55. The van der Waals surface area contributed by atoms with Crippen LogP contribution in [-0.2, 0) is 0 Å². The number of aromatic nitrogens is 3. The van der Waals surface area contributed by atoms with E-state index in [4.69, 9.17) is 0 Å². The first-order valence-corrected chi connectivity index (χ1v) is 6.71. The van der Waals surface area contributed by atoms with Gasteiger partial charge in [0.25, 0.3) is 0 Å². The summed E-state index contributed by atoms with van der Waals surface area (Å²) >= 11 is 0. The van der Waals surface area contributed by atoms with Gasteiger partial charge in [-0.2, -0.15) is 0 Å². The highest BCUT2D eigenvalue weighted by Crippen LogP contribution is 2.08. The van der Waals surface area contributed by atoms with E-state index >= 15 is 0 Å². The summed E-state index contributed by atoms with van der Waals surface area (Å²) in [5.74, 6) is 0. The van der Waals surface area contributed by atoms with Crippen LogP contribution in [0.3, 0.4) is 0 Å². The molecule has 0 aliphatic heterocycles. The smallest absolute Gasteiger partial charge is 0.160 e.